The number of nitrogens with one attached hydrogen (secondary N) is 1. The number of thiazole rings is 1. The van der Waals surface area contributed by atoms with Gasteiger partial charge in [0.1, 0.15) is 5.01 Å². The van der Waals surface area contributed by atoms with Crippen molar-refractivity contribution in [1.29, 1.82) is 0 Å². The van der Waals surface area contributed by atoms with Gasteiger partial charge >= 0.3 is 0 Å². The third-order valence-electron chi connectivity index (χ3n) is 2.13. The molecule has 16 heavy (non-hydrogen) atoms. The number of pyridine rings is 1. The minimum absolute atomic E-state index is 0.641. The van der Waals surface area contributed by atoms with E-state index in [1.165, 1.54) is 0 Å². The molecule has 0 spiro atoms. The standard InChI is InChI=1S/C11H12ClN3S/c1-2-13-6-11-15-10(7-16-11)8-3-4-14-5-9(8)12/h3-5,7,13H,2,6H2,1H3. The largest absolute Gasteiger partial charge is 0.311 e. The monoisotopic (exact) mass is 253 g/mol. The van der Waals surface area contributed by atoms with Crippen LogP contribution >= 0.6 is 22.9 Å². The van der Waals surface area contributed by atoms with Gasteiger partial charge in [0.2, 0.25) is 0 Å². The van der Waals surface area contributed by atoms with Crippen molar-refractivity contribution in [3.05, 3.63) is 33.9 Å². The summed E-state index contributed by atoms with van der Waals surface area (Å²) in [4.78, 5) is 8.48. The summed E-state index contributed by atoms with van der Waals surface area (Å²) >= 11 is 7.70. The zero-order chi connectivity index (χ0) is 11.4. The predicted molar refractivity (Wildman–Crippen MR) is 67.7 cm³/mol. The molecule has 3 nitrogen and oxygen atoms in total. The van der Waals surface area contributed by atoms with E-state index in [9.17, 15) is 0 Å². The van der Waals surface area contributed by atoms with Gasteiger partial charge in [-0.05, 0) is 12.6 Å². The van der Waals surface area contributed by atoms with Crippen molar-refractivity contribution in [1.82, 2.24) is 15.3 Å². The van der Waals surface area contributed by atoms with Crippen molar-refractivity contribution in [3.8, 4) is 11.3 Å². The molecule has 5 heteroatoms. The van der Waals surface area contributed by atoms with Crippen molar-refractivity contribution in [2.75, 3.05) is 6.54 Å². The van der Waals surface area contributed by atoms with Gasteiger partial charge in [-0.1, -0.05) is 18.5 Å². The highest BCUT2D eigenvalue weighted by Crippen LogP contribution is 2.27. The first-order valence-electron chi connectivity index (χ1n) is 5.06. The zero-order valence-corrected chi connectivity index (χ0v) is 10.5. The molecule has 0 aromatic carbocycles. The molecule has 2 aromatic heterocycles. The molecule has 2 rings (SSSR count). The molecule has 0 amide bonds. The second kappa shape index (κ2) is 5.39. The fraction of sp³-hybridized carbons (Fsp3) is 0.273. The van der Waals surface area contributed by atoms with Crippen LogP contribution in [0.2, 0.25) is 5.02 Å². The molecule has 0 atom stereocenters. The van der Waals surface area contributed by atoms with E-state index in [1.807, 2.05) is 11.4 Å². The quantitative estimate of drug-likeness (QED) is 0.910. The van der Waals surface area contributed by atoms with Crippen LogP contribution in [0.15, 0.2) is 23.8 Å². The number of aromatic nitrogens is 2. The van der Waals surface area contributed by atoms with Gasteiger partial charge in [-0.3, -0.25) is 4.98 Å². The summed E-state index contributed by atoms with van der Waals surface area (Å²) in [6, 6.07) is 1.88. The number of rotatable bonds is 4. The fourth-order valence-corrected chi connectivity index (χ4v) is 2.31. The molecule has 0 unspecified atom stereocenters. The minimum Gasteiger partial charge on any atom is -0.311 e. The molecule has 0 saturated heterocycles. The Morgan fingerprint density at radius 3 is 3.12 bits per heavy atom. The van der Waals surface area contributed by atoms with E-state index in [1.54, 1.807) is 23.7 Å². The van der Waals surface area contributed by atoms with Crippen LogP contribution in [-0.4, -0.2) is 16.5 Å². The molecule has 0 radical (unpaired) electrons. The molecule has 2 heterocycles. The second-order valence-electron chi connectivity index (χ2n) is 3.26. The van der Waals surface area contributed by atoms with Crippen molar-refractivity contribution < 1.29 is 0 Å². The Hall–Kier alpha value is -0.970. The minimum atomic E-state index is 0.641. The lowest BCUT2D eigenvalue weighted by Crippen LogP contribution is -2.11. The van der Waals surface area contributed by atoms with E-state index in [2.05, 4.69) is 22.2 Å². The Bertz CT molecular complexity index is 470. The van der Waals surface area contributed by atoms with Crippen LogP contribution in [0.25, 0.3) is 11.3 Å². The topological polar surface area (TPSA) is 37.8 Å². The maximum Gasteiger partial charge on any atom is 0.107 e. The zero-order valence-electron chi connectivity index (χ0n) is 8.90. The van der Waals surface area contributed by atoms with Gasteiger partial charge in [0.15, 0.2) is 0 Å². The smallest absolute Gasteiger partial charge is 0.107 e. The van der Waals surface area contributed by atoms with Crippen LogP contribution in [-0.2, 0) is 6.54 Å². The van der Waals surface area contributed by atoms with E-state index in [0.717, 1.165) is 29.4 Å². The van der Waals surface area contributed by atoms with E-state index in [4.69, 9.17) is 11.6 Å². The summed E-state index contributed by atoms with van der Waals surface area (Å²) < 4.78 is 0. The molecule has 0 aliphatic heterocycles. The summed E-state index contributed by atoms with van der Waals surface area (Å²) in [5.41, 5.74) is 1.86. The lowest BCUT2D eigenvalue weighted by molar-refractivity contribution is 0.723. The van der Waals surface area contributed by atoms with Crippen molar-refractivity contribution >= 4 is 22.9 Å². The number of halogens is 1. The molecule has 0 fully saturated rings. The Morgan fingerprint density at radius 2 is 2.38 bits per heavy atom. The van der Waals surface area contributed by atoms with Gasteiger partial charge in [-0.2, -0.15) is 0 Å². The Balaban J connectivity index is 2.22. The van der Waals surface area contributed by atoms with Crippen LogP contribution < -0.4 is 5.32 Å². The number of hydrogen-bond donors (Lipinski definition) is 1. The van der Waals surface area contributed by atoms with E-state index in [-0.39, 0.29) is 0 Å². The molecular weight excluding hydrogens is 242 g/mol. The highest BCUT2D eigenvalue weighted by molar-refractivity contribution is 7.09. The molecule has 0 saturated carbocycles. The molecule has 0 aliphatic rings. The lowest BCUT2D eigenvalue weighted by Gasteiger charge is -1.98. The summed E-state index contributed by atoms with van der Waals surface area (Å²) in [5.74, 6) is 0. The lowest BCUT2D eigenvalue weighted by atomic mass is 10.2. The second-order valence-corrected chi connectivity index (χ2v) is 4.61. The average molecular weight is 254 g/mol. The third-order valence-corrected chi connectivity index (χ3v) is 3.28. The van der Waals surface area contributed by atoms with Crippen molar-refractivity contribution in [2.45, 2.75) is 13.5 Å². The summed E-state index contributed by atoms with van der Waals surface area (Å²) in [6.07, 6.45) is 3.37. The van der Waals surface area contributed by atoms with E-state index < -0.39 is 0 Å². The summed E-state index contributed by atoms with van der Waals surface area (Å²) in [5, 5.41) is 6.98. The van der Waals surface area contributed by atoms with Crippen LogP contribution in [0.4, 0.5) is 0 Å². The van der Waals surface area contributed by atoms with Crippen LogP contribution in [0.1, 0.15) is 11.9 Å². The van der Waals surface area contributed by atoms with Crippen LogP contribution in [0, 0.1) is 0 Å². The maximum atomic E-state index is 6.06. The average Bonchev–Trinajstić information content (AvgIpc) is 2.75. The molecule has 0 aliphatic carbocycles. The third kappa shape index (κ3) is 2.58. The Labute approximate surface area is 104 Å². The van der Waals surface area contributed by atoms with Crippen molar-refractivity contribution in [2.24, 2.45) is 0 Å². The van der Waals surface area contributed by atoms with Gasteiger partial charge in [-0.25, -0.2) is 4.98 Å². The van der Waals surface area contributed by atoms with E-state index >= 15 is 0 Å². The van der Waals surface area contributed by atoms with Gasteiger partial charge in [-0.15, -0.1) is 11.3 Å². The van der Waals surface area contributed by atoms with E-state index in [0.29, 0.717) is 5.02 Å². The molecule has 84 valence electrons. The van der Waals surface area contributed by atoms with Gasteiger partial charge in [0, 0.05) is 29.9 Å². The van der Waals surface area contributed by atoms with Gasteiger partial charge in [0.25, 0.3) is 0 Å². The normalized spacial score (nSPS) is 10.6. The molecule has 1 N–H and O–H groups in total. The summed E-state index contributed by atoms with van der Waals surface area (Å²) in [6.45, 7) is 3.84. The first-order chi connectivity index (χ1) is 7.81. The van der Waals surface area contributed by atoms with Gasteiger partial charge < -0.3 is 5.32 Å². The predicted octanol–water partition coefficient (Wildman–Crippen LogP) is 2.97. The highest BCUT2D eigenvalue weighted by Gasteiger charge is 2.07. The highest BCUT2D eigenvalue weighted by atomic mass is 35.5. The molecule has 2 aromatic rings. The molecular formula is C11H12ClN3S. The van der Waals surface area contributed by atoms with Crippen LogP contribution in [0.5, 0.6) is 0 Å². The molecule has 0 bridgehead atoms. The van der Waals surface area contributed by atoms with Crippen LogP contribution in [0.3, 0.4) is 0 Å². The fourth-order valence-electron chi connectivity index (χ4n) is 1.33. The van der Waals surface area contributed by atoms with Gasteiger partial charge in [0.05, 0.1) is 10.7 Å². The maximum absolute atomic E-state index is 6.06. The van der Waals surface area contributed by atoms with Crippen molar-refractivity contribution in [3.63, 3.8) is 0 Å². The SMILES string of the molecule is CCNCc1nc(-c2ccncc2Cl)cs1. The Morgan fingerprint density at radius 1 is 1.50 bits per heavy atom. The Kier molecular flexibility index (Phi) is 3.88. The number of nitrogens with zero attached hydrogens (tertiary/aromatic N) is 2. The first-order valence-corrected chi connectivity index (χ1v) is 6.32. The summed E-state index contributed by atoms with van der Waals surface area (Å²) in [7, 11) is 0. The number of hydrogen-bond acceptors (Lipinski definition) is 4. The first kappa shape index (κ1) is 11.5.